The Kier molecular flexibility index (Phi) is 4.42. The minimum atomic E-state index is -0.643. The summed E-state index contributed by atoms with van der Waals surface area (Å²) in [4.78, 5) is 12.9. The molecule has 1 amide bonds. The van der Waals surface area contributed by atoms with Crippen LogP contribution in [-0.4, -0.2) is 12.5 Å². The zero-order chi connectivity index (χ0) is 15.4. The molecule has 2 rings (SSSR count). The number of carbonyl (C=O) groups is 1. The van der Waals surface area contributed by atoms with E-state index in [9.17, 15) is 9.18 Å². The van der Waals surface area contributed by atoms with Gasteiger partial charge in [0.1, 0.15) is 5.82 Å². The van der Waals surface area contributed by atoms with Crippen LogP contribution in [0.3, 0.4) is 0 Å². The van der Waals surface area contributed by atoms with Crippen molar-refractivity contribution in [1.82, 2.24) is 0 Å². The zero-order valence-electron chi connectivity index (χ0n) is 11.8. The first-order valence-corrected chi connectivity index (χ1v) is 6.70. The summed E-state index contributed by atoms with van der Waals surface area (Å²) in [6.07, 6.45) is 0. The van der Waals surface area contributed by atoms with Crippen LogP contribution in [0, 0.1) is 5.82 Å². The second-order valence-corrected chi connectivity index (χ2v) is 4.74. The van der Waals surface area contributed by atoms with Crippen LogP contribution in [0.1, 0.15) is 22.8 Å². The number of hydrogen-bond acceptors (Lipinski definition) is 3. The minimum absolute atomic E-state index is 0.159. The van der Waals surface area contributed by atoms with E-state index in [1.54, 1.807) is 6.07 Å². The summed E-state index contributed by atoms with van der Waals surface area (Å²) >= 11 is 0. The molecule has 21 heavy (non-hydrogen) atoms. The summed E-state index contributed by atoms with van der Waals surface area (Å²) in [6, 6.07) is 11.7. The number of nitrogen functional groups attached to an aromatic ring is 1. The normalized spacial score (nSPS) is 10.4. The molecule has 0 spiro atoms. The van der Waals surface area contributed by atoms with E-state index in [0.717, 1.165) is 11.6 Å². The van der Waals surface area contributed by atoms with Crippen molar-refractivity contribution in [3.05, 3.63) is 59.4 Å². The van der Waals surface area contributed by atoms with E-state index >= 15 is 0 Å². The van der Waals surface area contributed by atoms with E-state index in [1.165, 1.54) is 6.07 Å². The van der Waals surface area contributed by atoms with Gasteiger partial charge in [0.25, 0.3) is 0 Å². The fourth-order valence-corrected chi connectivity index (χ4v) is 2.17. The van der Waals surface area contributed by atoms with Gasteiger partial charge in [-0.05, 0) is 36.8 Å². The number of primary amides is 1. The smallest absolute Gasteiger partial charge is 0.248 e. The number of hydrogen-bond donors (Lipinski definition) is 2. The molecule has 110 valence electrons. The molecule has 2 aromatic carbocycles. The predicted molar refractivity (Wildman–Crippen MR) is 82.5 cm³/mol. The van der Waals surface area contributed by atoms with Gasteiger partial charge in [-0.15, -0.1) is 0 Å². The van der Waals surface area contributed by atoms with E-state index in [2.05, 4.69) is 0 Å². The van der Waals surface area contributed by atoms with Crippen LogP contribution in [0.2, 0.25) is 0 Å². The number of nitrogens with zero attached hydrogens (tertiary/aromatic N) is 1. The van der Waals surface area contributed by atoms with Crippen molar-refractivity contribution in [2.24, 2.45) is 5.73 Å². The van der Waals surface area contributed by atoms with Crippen molar-refractivity contribution >= 4 is 17.3 Å². The highest BCUT2D eigenvalue weighted by Crippen LogP contribution is 2.24. The fraction of sp³-hybridized carbons (Fsp3) is 0.188. The van der Waals surface area contributed by atoms with E-state index in [0.29, 0.717) is 24.5 Å². The number of carbonyl (C=O) groups excluding carboxylic acids is 1. The molecule has 0 aliphatic heterocycles. The van der Waals surface area contributed by atoms with Crippen LogP contribution < -0.4 is 16.4 Å². The highest BCUT2D eigenvalue weighted by molar-refractivity contribution is 5.93. The number of nitrogens with two attached hydrogens (primary N) is 2. The highest BCUT2D eigenvalue weighted by Gasteiger charge is 2.13. The summed E-state index contributed by atoms with van der Waals surface area (Å²) in [5, 5.41) is 0. The summed E-state index contributed by atoms with van der Waals surface area (Å²) in [6.45, 7) is 3.04. The van der Waals surface area contributed by atoms with Crippen LogP contribution >= 0.6 is 0 Å². The van der Waals surface area contributed by atoms with Gasteiger partial charge < -0.3 is 16.4 Å². The van der Waals surface area contributed by atoms with Gasteiger partial charge in [0.15, 0.2) is 0 Å². The van der Waals surface area contributed by atoms with Crippen LogP contribution in [0.15, 0.2) is 42.5 Å². The third kappa shape index (κ3) is 3.31. The molecular formula is C16H18FN3O. The molecule has 4 N–H and O–H groups in total. The summed E-state index contributed by atoms with van der Waals surface area (Å²) in [7, 11) is 0. The number of para-hydroxylation sites is 1. The molecule has 5 heteroatoms. The topological polar surface area (TPSA) is 72.3 Å². The quantitative estimate of drug-likeness (QED) is 0.830. The number of halogens is 1. The monoisotopic (exact) mass is 287 g/mol. The third-order valence-electron chi connectivity index (χ3n) is 3.37. The Balaban J connectivity index is 2.30. The van der Waals surface area contributed by atoms with Crippen LogP contribution in [0.4, 0.5) is 15.8 Å². The van der Waals surface area contributed by atoms with Gasteiger partial charge >= 0.3 is 0 Å². The van der Waals surface area contributed by atoms with E-state index in [-0.39, 0.29) is 5.56 Å². The average Bonchev–Trinajstić information content (AvgIpc) is 2.47. The lowest BCUT2D eigenvalue weighted by Crippen LogP contribution is -2.24. The first-order valence-electron chi connectivity index (χ1n) is 6.70. The van der Waals surface area contributed by atoms with E-state index in [4.69, 9.17) is 11.5 Å². The molecule has 0 saturated carbocycles. The first-order chi connectivity index (χ1) is 10.0. The Hall–Kier alpha value is -2.56. The molecule has 0 atom stereocenters. The second-order valence-electron chi connectivity index (χ2n) is 4.74. The molecule has 0 radical (unpaired) electrons. The number of amides is 1. The standard InChI is InChI=1S/C16H18FN3O/c1-2-20(10-12-5-3-4-6-14(12)18)15-8-7-11(16(19)21)9-13(15)17/h3-9H,2,10,18H2,1H3,(H2,19,21). The molecule has 0 saturated heterocycles. The molecule has 0 heterocycles. The molecule has 0 fully saturated rings. The van der Waals surface area contributed by atoms with Crippen molar-refractivity contribution in [2.45, 2.75) is 13.5 Å². The Bertz CT molecular complexity index is 658. The van der Waals surface area contributed by atoms with Crippen molar-refractivity contribution in [2.75, 3.05) is 17.2 Å². The molecular weight excluding hydrogens is 269 g/mol. The largest absolute Gasteiger partial charge is 0.398 e. The molecule has 0 aromatic heterocycles. The fourth-order valence-electron chi connectivity index (χ4n) is 2.17. The summed E-state index contributed by atoms with van der Waals surface area (Å²) in [5.41, 5.74) is 13.3. The van der Waals surface area contributed by atoms with Crippen molar-refractivity contribution in [3.8, 4) is 0 Å². The predicted octanol–water partition coefficient (Wildman–Crippen LogP) is 2.53. The lowest BCUT2D eigenvalue weighted by molar-refractivity contribution is 0.1000. The second kappa shape index (κ2) is 6.26. The van der Waals surface area contributed by atoms with Gasteiger partial charge in [0.2, 0.25) is 5.91 Å². The number of rotatable bonds is 5. The maximum absolute atomic E-state index is 14.2. The van der Waals surface area contributed by atoms with Gasteiger partial charge in [-0.2, -0.15) is 0 Å². The zero-order valence-corrected chi connectivity index (χ0v) is 11.8. The maximum atomic E-state index is 14.2. The Morgan fingerprint density at radius 3 is 2.52 bits per heavy atom. The van der Waals surface area contributed by atoms with Gasteiger partial charge in [-0.3, -0.25) is 4.79 Å². The van der Waals surface area contributed by atoms with E-state index in [1.807, 2.05) is 36.1 Å². The Labute approximate surface area is 123 Å². The molecule has 2 aromatic rings. The van der Waals surface area contributed by atoms with E-state index < -0.39 is 11.7 Å². The molecule has 0 aliphatic rings. The maximum Gasteiger partial charge on any atom is 0.248 e. The Morgan fingerprint density at radius 2 is 1.95 bits per heavy atom. The van der Waals surface area contributed by atoms with Gasteiger partial charge in [0, 0.05) is 24.3 Å². The van der Waals surface area contributed by atoms with Crippen molar-refractivity contribution < 1.29 is 9.18 Å². The summed E-state index contributed by atoms with van der Waals surface area (Å²) < 4.78 is 14.2. The van der Waals surface area contributed by atoms with Gasteiger partial charge in [-0.1, -0.05) is 18.2 Å². The first kappa shape index (κ1) is 14.8. The van der Waals surface area contributed by atoms with Crippen LogP contribution in [0.25, 0.3) is 0 Å². The summed E-state index contributed by atoms with van der Waals surface area (Å²) in [5.74, 6) is -1.11. The van der Waals surface area contributed by atoms with Gasteiger partial charge in [0.05, 0.1) is 5.69 Å². The molecule has 0 unspecified atom stereocenters. The van der Waals surface area contributed by atoms with Crippen molar-refractivity contribution in [3.63, 3.8) is 0 Å². The van der Waals surface area contributed by atoms with Crippen molar-refractivity contribution in [1.29, 1.82) is 0 Å². The number of benzene rings is 2. The van der Waals surface area contributed by atoms with Crippen LogP contribution in [0.5, 0.6) is 0 Å². The highest BCUT2D eigenvalue weighted by atomic mass is 19.1. The molecule has 0 aliphatic carbocycles. The molecule has 0 bridgehead atoms. The van der Waals surface area contributed by atoms with Crippen LogP contribution in [-0.2, 0) is 6.54 Å². The number of anilines is 2. The lowest BCUT2D eigenvalue weighted by atomic mass is 10.1. The minimum Gasteiger partial charge on any atom is -0.398 e. The lowest BCUT2D eigenvalue weighted by Gasteiger charge is -2.24. The Morgan fingerprint density at radius 1 is 1.24 bits per heavy atom. The van der Waals surface area contributed by atoms with Gasteiger partial charge in [-0.25, -0.2) is 4.39 Å². The average molecular weight is 287 g/mol. The molecule has 4 nitrogen and oxygen atoms in total. The SMILES string of the molecule is CCN(Cc1ccccc1N)c1ccc(C(N)=O)cc1F. The third-order valence-corrected chi connectivity index (χ3v) is 3.37.